The Kier molecular flexibility index (Phi) is 11.1. The van der Waals surface area contributed by atoms with E-state index in [1.807, 2.05) is 73.1 Å². The molecule has 0 radical (unpaired) electrons. The fourth-order valence-corrected chi connectivity index (χ4v) is 7.77. The summed E-state index contributed by atoms with van der Waals surface area (Å²) in [4.78, 5) is 0. The number of nitrogens with zero attached hydrogens (tertiary/aromatic N) is 4. The Morgan fingerprint density at radius 2 is 0.741 bits per heavy atom. The normalized spacial score (nSPS) is 11.9. The van der Waals surface area contributed by atoms with Gasteiger partial charge in [0.15, 0.2) is 0 Å². The van der Waals surface area contributed by atoms with E-state index >= 15 is 0 Å². The van der Waals surface area contributed by atoms with Crippen LogP contribution in [0.2, 0.25) is 0 Å². The molecule has 0 spiro atoms. The third kappa shape index (κ3) is 8.08. The van der Waals surface area contributed by atoms with Gasteiger partial charge in [0, 0.05) is 56.7 Å². The maximum atomic E-state index is 4.47. The molecule has 8 rings (SSSR count). The maximum absolute atomic E-state index is 4.47. The monoisotopic (exact) mass is 708 g/mol. The molecule has 0 aliphatic rings. The molecule has 6 nitrogen and oxygen atoms in total. The zero-order chi connectivity index (χ0) is 36.4. The first-order valence-corrected chi connectivity index (χ1v) is 19.5. The van der Waals surface area contributed by atoms with Crippen molar-refractivity contribution in [2.75, 3.05) is 10.9 Å². The van der Waals surface area contributed by atoms with E-state index < -0.39 is 0 Å². The second kappa shape index (κ2) is 17.1. The van der Waals surface area contributed by atoms with Gasteiger partial charge in [0.1, 0.15) is 0 Å². The Balaban J connectivity index is 0.798. The molecular weight excluding hydrogens is 661 g/mol. The quantitative estimate of drug-likeness (QED) is 0.0562. The summed E-state index contributed by atoms with van der Waals surface area (Å²) in [6.45, 7) is 2.09. The molecule has 2 N–H and O–H groups in total. The summed E-state index contributed by atoms with van der Waals surface area (Å²) in [6, 6.07) is 51.1. The van der Waals surface area contributed by atoms with Gasteiger partial charge in [-0.1, -0.05) is 123 Å². The van der Waals surface area contributed by atoms with Gasteiger partial charge in [-0.2, -0.15) is 10.2 Å². The molecule has 270 valence electrons. The van der Waals surface area contributed by atoms with Crippen molar-refractivity contribution < 1.29 is 0 Å². The van der Waals surface area contributed by atoms with Crippen LogP contribution < -0.4 is 10.9 Å². The number of anilines is 2. The van der Waals surface area contributed by atoms with Crippen LogP contribution in [0.1, 0.15) is 62.5 Å². The number of unbranched alkanes of at least 4 members (excludes halogenated alkanes) is 7. The number of hydrogen-bond acceptors (Lipinski definition) is 4. The van der Waals surface area contributed by atoms with E-state index in [0.29, 0.717) is 0 Å². The number of hydrogen-bond donors (Lipinski definition) is 2. The molecule has 8 aromatic rings. The van der Waals surface area contributed by atoms with Crippen molar-refractivity contribution in [2.45, 2.75) is 64.5 Å². The number of aromatic nitrogens is 2. The van der Waals surface area contributed by atoms with Crippen molar-refractivity contribution in [3.8, 4) is 0 Å². The standard InChI is InChI=1S/C48H48N6/c1(3-5-17-31-53-45-25-15-13-23-41(45)43-33-37(27-29-47(43)53)35-49-51-39-19-9-7-10-20-39)2-4-6-18-32-54-46-26-16-14-24-42(46)44-34-38(28-30-48(44)54)36-50-52-40-21-11-8-12-22-40/h7-16,19-30,33-36,51-52H,1-6,17-18,31-32H2. The van der Waals surface area contributed by atoms with E-state index in [0.717, 1.165) is 35.6 Å². The molecule has 2 heterocycles. The average molecular weight is 709 g/mol. The summed E-state index contributed by atoms with van der Waals surface area (Å²) >= 11 is 0. The van der Waals surface area contributed by atoms with Gasteiger partial charge in [0.2, 0.25) is 0 Å². The highest BCUT2D eigenvalue weighted by atomic mass is 15.3. The Hall–Kier alpha value is -6.14. The first-order chi connectivity index (χ1) is 26.8. The smallest absolute Gasteiger partial charge is 0.0561 e. The molecule has 0 aliphatic carbocycles. The van der Waals surface area contributed by atoms with Crippen LogP contribution >= 0.6 is 0 Å². The molecule has 0 fully saturated rings. The lowest BCUT2D eigenvalue weighted by molar-refractivity contribution is 0.536. The van der Waals surface area contributed by atoms with E-state index in [1.54, 1.807) is 0 Å². The van der Waals surface area contributed by atoms with Crippen LogP contribution in [0.4, 0.5) is 11.4 Å². The number of nitrogens with one attached hydrogen (secondary N) is 2. The third-order valence-corrected chi connectivity index (χ3v) is 10.5. The Morgan fingerprint density at radius 3 is 1.19 bits per heavy atom. The van der Waals surface area contributed by atoms with Crippen LogP contribution in [-0.4, -0.2) is 21.6 Å². The van der Waals surface area contributed by atoms with Crippen molar-refractivity contribution in [1.82, 2.24) is 9.13 Å². The second-order valence-electron chi connectivity index (χ2n) is 14.2. The SMILES string of the molecule is C(=NNc1ccccc1)c1ccc2c(c1)c1ccccc1n2CCCCCCCCCCn1c2ccccc2c2cc(C=NNc3ccccc3)ccc21. The van der Waals surface area contributed by atoms with Crippen molar-refractivity contribution in [3.63, 3.8) is 0 Å². The predicted octanol–water partition coefficient (Wildman–Crippen LogP) is 12.6. The fourth-order valence-electron chi connectivity index (χ4n) is 7.77. The van der Waals surface area contributed by atoms with Crippen LogP contribution in [0, 0.1) is 0 Å². The van der Waals surface area contributed by atoms with Crippen LogP contribution in [0.15, 0.2) is 156 Å². The van der Waals surface area contributed by atoms with Crippen molar-refractivity contribution in [2.24, 2.45) is 10.2 Å². The van der Waals surface area contributed by atoms with Gasteiger partial charge in [-0.3, -0.25) is 10.9 Å². The Labute approximate surface area is 317 Å². The molecule has 0 amide bonds. The van der Waals surface area contributed by atoms with Crippen LogP contribution in [-0.2, 0) is 13.1 Å². The van der Waals surface area contributed by atoms with Crippen molar-refractivity contribution in [1.29, 1.82) is 0 Å². The lowest BCUT2D eigenvalue weighted by Crippen LogP contribution is -1.98. The number of fused-ring (bicyclic) bond motifs is 6. The van der Waals surface area contributed by atoms with Gasteiger partial charge < -0.3 is 9.13 Å². The third-order valence-electron chi connectivity index (χ3n) is 10.5. The molecule has 0 bridgehead atoms. The Morgan fingerprint density at radius 1 is 0.370 bits per heavy atom. The predicted molar refractivity (Wildman–Crippen MR) is 231 cm³/mol. The second-order valence-corrected chi connectivity index (χ2v) is 14.2. The molecule has 0 aliphatic heterocycles. The molecule has 2 aromatic heterocycles. The first-order valence-electron chi connectivity index (χ1n) is 19.5. The summed E-state index contributed by atoms with van der Waals surface area (Å²) in [5.41, 5.74) is 15.7. The van der Waals surface area contributed by atoms with Crippen LogP contribution in [0.5, 0.6) is 0 Å². The first kappa shape index (κ1) is 34.9. The summed E-state index contributed by atoms with van der Waals surface area (Å²) in [5, 5.41) is 14.1. The molecule has 0 saturated heterocycles. The largest absolute Gasteiger partial charge is 0.340 e. The molecule has 6 heteroatoms. The summed E-state index contributed by atoms with van der Waals surface area (Å²) < 4.78 is 5.03. The number of aryl methyl sites for hydroxylation is 2. The highest BCUT2D eigenvalue weighted by molar-refractivity contribution is 6.10. The summed E-state index contributed by atoms with van der Waals surface area (Å²) in [6.07, 6.45) is 13.9. The molecule has 0 unspecified atom stereocenters. The number of para-hydroxylation sites is 4. The Bertz CT molecular complexity index is 2330. The molecule has 54 heavy (non-hydrogen) atoms. The van der Waals surface area contributed by atoms with Crippen molar-refractivity contribution >= 4 is 67.4 Å². The van der Waals surface area contributed by atoms with Gasteiger partial charge >= 0.3 is 0 Å². The summed E-state index contributed by atoms with van der Waals surface area (Å²) in [5.74, 6) is 0. The van der Waals surface area contributed by atoms with E-state index in [4.69, 9.17) is 0 Å². The van der Waals surface area contributed by atoms with Gasteiger partial charge in [0.25, 0.3) is 0 Å². The topological polar surface area (TPSA) is 58.6 Å². The number of rotatable bonds is 17. The number of hydrazone groups is 2. The lowest BCUT2D eigenvalue weighted by atomic mass is 10.1. The zero-order valence-electron chi connectivity index (χ0n) is 30.9. The van der Waals surface area contributed by atoms with E-state index in [2.05, 4.69) is 115 Å². The number of benzene rings is 6. The molecule has 0 saturated carbocycles. The minimum Gasteiger partial charge on any atom is -0.340 e. The molecule has 6 aromatic carbocycles. The van der Waals surface area contributed by atoms with Gasteiger partial charge in [-0.15, -0.1) is 0 Å². The zero-order valence-corrected chi connectivity index (χ0v) is 30.9. The highest BCUT2D eigenvalue weighted by Gasteiger charge is 2.12. The van der Waals surface area contributed by atoms with E-state index in [9.17, 15) is 0 Å². The average Bonchev–Trinajstić information content (AvgIpc) is 3.71. The minimum atomic E-state index is 0.983. The highest BCUT2D eigenvalue weighted by Crippen LogP contribution is 2.31. The van der Waals surface area contributed by atoms with Gasteiger partial charge in [-0.05, 0) is 84.6 Å². The van der Waals surface area contributed by atoms with Crippen LogP contribution in [0.25, 0.3) is 43.6 Å². The van der Waals surface area contributed by atoms with E-state index in [1.165, 1.54) is 95.0 Å². The molecule has 0 atom stereocenters. The minimum absolute atomic E-state index is 0.983. The van der Waals surface area contributed by atoms with Gasteiger partial charge in [-0.25, -0.2) is 0 Å². The van der Waals surface area contributed by atoms with Crippen LogP contribution in [0.3, 0.4) is 0 Å². The maximum Gasteiger partial charge on any atom is 0.0561 e. The van der Waals surface area contributed by atoms with Crippen molar-refractivity contribution in [3.05, 3.63) is 157 Å². The van der Waals surface area contributed by atoms with Gasteiger partial charge in [0.05, 0.1) is 23.8 Å². The summed E-state index contributed by atoms with van der Waals surface area (Å²) in [7, 11) is 0. The lowest BCUT2D eigenvalue weighted by Gasteiger charge is -2.09. The fraction of sp³-hybridized carbons (Fsp3) is 0.208. The molecular formula is C48H48N6. The van der Waals surface area contributed by atoms with E-state index in [-0.39, 0.29) is 0 Å².